The van der Waals surface area contributed by atoms with E-state index in [1.54, 1.807) is 30.3 Å². The van der Waals surface area contributed by atoms with Crippen molar-refractivity contribution in [2.75, 3.05) is 25.0 Å². The Bertz CT molecular complexity index is 1040. The number of halogens is 5. The van der Waals surface area contributed by atoms with E-state index in [1.807, 2.05) is 0 Å². The summed E-state index contributed by atoms with van der Waals surface area (Å²) in [6.07, 6.45) is -6.26. The van der Waals surface area contributed by atoms with Gasteiger partial charge in [-0.3, -0.25) is 20.4 Å². The molecule has 1 unspecified atom stereocenters. The number of alkyl halides is 3. The van der Waals surface area contributed by atoms with Crippen LogP contribution in [0.5, 0.6) is 0 Å². The first-order valence-corrected chi connectivity index (χ1v) is 9.92. The van der Waals surface area contributed by atoms with Crippen molar-refractivity contribution < 1.29 is 41.1 Å². The second-order valence-corrected chi connectivity index (χ2v) is 7.26. The fourth-order valence-electron chi connectivity index (χ4n) is 3.16. The number of urea groups is 1. The number of hydrogen-bond acceptors (Lipinski definition) is 4. The summed E-state index contributed by atoms with van der Waals surface area (Å²) in [7, 11) is 0. The Morgan fingerprint density at radius 1 is 1.03 bits per heavy atom. The van der Waals surface area contributed by atoms with Gasteiger partial charge in [0.15, 0.2) is 0 Å². The summed E-state index contributed by atoms with van der Waals surface area (Å²) < 4.78 is 71.1. The van der Waals surface area contributed by atoms with Gasteiger partial charge >= 0.3 is 18.1 Å². The molecule has 34 heavy (non-hydrogen) atoms. The maximum absolute atomic E-state index is 14.5. The van der Waals surface area contributed by atoms with Crippen LogP contribution >= 0.6 is 0 Å². The minimum absolute atomic E-state index is 0.0449. The maximum atomic E-state index is 14.5. The number of hydrazine groups is 1. The molecule has 0 radical (unpaired) electrons. The lowest BCUT2D eigenvalue weighted by Crippen LogP contribution is -2.48. The number of hydrogen-bond donors (Lipinski definition) is 3. The van der Waals surface area contributed by atoms with Crippen molar-refractivity contribution in [1.29, 1.82) is 0 Å². The molecular weight excluding hydrogens is 467 g/mol. The quantitative estimate of drug-likeness (QED) is 0.457. The number of benzene rings is 2. The molecule has 1 fully saturated rings. The number of nitrogens with zero attached hydrogens (tertiary/aromatic N) is 1. The predicted octanol–water partition coefficient (Wildman–Crippen LogP) is 2.76. The van der Waals surface area contributed by atoms with Crippen LogP contribution in [0, 0.1) is 11.6 Å². The Hall–Kier alpha value is -3.74. The van der Waals surface area contributed by atoms with Crippen molar-refractivity contribution in [2.45, 2.75) is 18.7 Å². The van der Waals surface area contributed by atoms with Crippen molar-refractivity contribution in [2.24, 2.45) is 0 Å². The Labute approximate surface area is 190 Å². The predicted molar refractivity (Wildman–Crippen MR) is 108 cm³/mol. The van der Waals surface area contributed by atoms with Gasteiger partial charge in [0.2, 0.25) is 0 Å². The molecule has 1 atom stereocenters. The minimum atomic E-state index is -5.25. The second-order valence-electron chi connectivity index (χ2n) is 7.26. The van der Waals surface area contributed by atoms with Crippen molar-refractivity contribution in [3.05, 3.63) is 65.2 Å². The number of morpholine rings is 1. The third kappa shape index (κ3) is 6.41. The molecule has 0 spiro atoms. The van der Waals surface area contributed by atoms with E-state index < -0.39 is 52.9 Å². The number of rotatable bonds is 4. The van der Waals surface area contributed by atoms with E-state index in [-0.39, 0.29) is 26.1 Å². The number of ether oxygens (including phenoxy) is 1. The smallest absolute Gasteiger partial charge is 0.374 e. The van der Waals surface area contributed by atoms with Gasteiger partial charge in [-0.25, -0.2) is 13.6 Å². The van der Waals surface area contributed by atoms with Crippen molar-refractivity contribution in [3.63, 3.8) is 0 Å². The zero-order valence-electron chi connectivity index (χ0n) is 17.4. The summed E-state index contributed by atoms with van der Waals surface area (Å²) in [6, 6.07) is 9.52. The average Bonchev–Trinajstić information content (AvgIpc) is 2.79. The maximum Gasteiger partial charge on any atom is 0.472 e. The van der Waals surface area contributed by atoms with Gasteiger partial charge in [-0.05, 0) is 24.3 Å². The molecule has 8 nitrogen and oxygen atoms in total. The highest BCUT2D eigenvalue weighted by Gasteiger charge is 2.39. The molecule has 1 saturated heterocycles. The van der Waals surface area contributed by atoms with Crippen LogP contribution in [0.1, 0.15) is 15.9 Å². The van der Waals surface area contributed by atoms with E-state index in [9.17, 15) is 36.3 Å². The number of nitrogens with one attached hydrogen (secondary N) is 3. The van der Waals surface area contributed by atoms with Gasteiger partial charge in [-0.15, -0.1) is 0 Å². The molecule has 182 valence electrons. The number of anilines is 1. The van der Waals surface area contributed by atoms with Gasteiger partial charge < -0.3 is 15.0 Å². The highest BCUT2D eigenvalue weighted by molar-refractivity contribution is 5.96. The van der Waals surface area contributed by atoms with Crippen LogP contribution in [-0.2, 0) is 16.0 Å². The van der Waals surface area contributed by atoms with E-state index >= 15 is 0 Å². The fraction of sp³-hybridized carbons (Fsp3) is 0.286. The highest BCUT2D eigenvalue weighted by Crippen LogP contribution is 2.21. The molecule has 2 aromatic rings. The summed E-state index contributed by atoms with van der Waals surface area (Å²) in [6.45, 7) is 0.446. The van der Waals surface area contributed by atoms with E-state index in [0.717, 1.165) is 5.43 Å². The number of carbonyl (C=O) groups excluding carboxylic acids is 3. The Kier molecular flexibility index (Phi) is 7.66. The monoisotopic (exact) mass is 486 g/mol. The van der Waals surface area contributed by atoms with Gasteiger partial charge in [0.25, 0.3) is 5.91 Å². The van der Waals surface area contributed by atoms with Crippen LogP contribution in [0.4, 0.5) is 32.4 Å². The fourth-order valence-corrected chi connectivity index (χ4v) is 3.16. The molecule has 1 heterocycles. The summed E-state index contributed by atoms with van der Waals surface area (Å²) in [5, 5.41) is 2.71. The van der Waals surface area contributed by atoms with E-state index in [1.165, 1.54) is 10.3 Å². The lowest BCUT2D eigenvalue weighted by molar-refractivity contribution is -0.174. The Balaban J connectivity index is 1.62. The second kappa shape index (κ2) is 10.5. The zero-order chi connectivity index (χ0) is 24.9. The molecule has 3 rings (SSSR count). The van der Waals surface area contributed by atoms with Crippen LogP contribution in [0.25, 0.3) is 0 Å². The van der Waals surface area contributed by atoms with Crippen LogP contribution in [-0.4, -0.2) is 54.7 Å². The first-order valence-electron chi connectivity index (χ1n) is 9.92. The molecule has 0 aliphatic carbocycles. The number of carbonyl (C=O) groups is 3. The first-order chi connectivity index (χ1) is 16.0. The molecule has 4 amide bonds. The average molecular weight is 486 g/mol. The van der Waals surface area contributed by atoms with Crippen molar-refractivity contribution in [3.8, 4) is 0 Å². The van der Waals surface area contributed by atoms with Crippen LogP contribution in [0.15, 0.2) is 42.5 Å². The molecule has 3 N–H and O–H groups in total. The van der Waals surface area contributed by atoms with Gasteiger partial charge in [-0.1, -0.05) is 18.2 Å². The lowest BCUT2D eigenvalue weighted by atomic mass is 10.0. The van der Waals surface area contributed by atoms with Crippen LogP contribution < -0.4 is 16.2 Å². The zero-order valence-corrected chi connectivity index (χ0v) is 17.4. The largest absolute Gasteiger partial charge is 0.472 e. The SMILES string of the molecule is O=C(NNC(=O)C(F)(F)F)c1cc(F)c(CC2CN(C(=O)Nc3ccccc3)CCO2)c(F)c1. The van der Waals surface area contributed by atoms with E-state index in [4.69, 9.17) is 4.74 Å². The summed E-state index contributed by atoms with van der Waals surface area (Å²) in [5.74, 6) is -6.07. The topological polar surface area (TPSA) is 99.8 Å². The molecule has 0 aromatic heterocycles. The summed E-state index contributed by atoms with van der Waals surface area (Å²) >= 11 is 0. The normalized spacial score (nSPS) is 16.0. The number of para-hydroxylation sites is 1. The molecule has 0 saturated carbocycles. The van der Waals surface area contributed by atoms with Gasteiger partial charge in [0, 0.05) is 36.3 Å². The van der Waals surface area contributed by atoms with Crippen molar-refractivity contribution in [1.82, 2.24) is 15.8 Å². The first kappa shape index (κ1) is 24.9. The minimum Gasteiger partial charge on any atom is -0.374 e. The third-order valence-corrected chi connectivity index (χ3v) is 4.83. The molecule has 13 heteroatoms. The highest BCUT2D eigenvalue weighted by atomic mass is 19.4. The third-order valence-electron chi connectivity index (χ3n) is 4.83. The molecular formula is C21H19F5N4O4. The van der Waals surface area contributed by atoms with Crippen LogP contribution in [0.3, 0.4) is 0 Å². The van der Waals surface area contributed by atoms with Gasteiger partial charge in [0.05, 0.1) is 12.7 Å². The van der Waals surface area contributed by atoms with Gasteiger partial charge in [-0.2, -0.15) is 13.2 Å². The van der Waals surface area contributed by atoms with E-state index in [0.29, 0.717) is 17.8 Å². The lowest BCUT2D eigenvalue weighted by Gasteiger charge is -2.33. The van der Waals surface area contributed by atoms with Crippen LogP contribution in [0.2, 0.25) is 0 Å². The molecule has 1 aliphatic heterocycles. The molecule has 2 aromatic carbocycles. The molecule has 0 bridgehead atoms. The van der Waals surface area contributed by atoms with E-state index in [2.05, 4.69) is 5.32 Å². The van der Waals surface area contributed by atoms with Gasteiger partial charge in [0.1, 0.15) is 11.6 Å². The summed E-state index contributed by atoms with van der Waals surface area (Å²) in [4.78, 5) is 36.5. The molecule has 1 aliphatic rings. The summed E-state index contributed by atoms with van der Waals surface area (Å²) in [5.41, 5.74) is 2.04. The standard InChI is InChI=1S/C21H19F5N4O4/c22-16-8-12(18(31)28-29-19(32)21(24,25)26)9-17(23)15(16)10-14-11-30(6-7-34-14)20(33)27-13-4-2-1-3-5-13/h1-5,8-9,14H,6-7,10-11H2,(H,27,33)(H,28,31)(H,29,32). The Morgan fingerprint density at radius 3 is 2.29 bits per heavy atom. The number of amides is 4. The van der Waals surface area contributed by atoms with Crippen molar-refractivity contribution >= 4 is 23.5 Å². The Morgan fingerprint density at radius 2 is 1.68 bits per heavy atom.